The molecule has 18 heavy (non-hydrogen) atoms. The van der Waals surface area contributed by atoms with E-state index in [1.165, 1.54) is 0 Å². The van der Waals surface area contributed by atoms with Gasteiger partial charge in [-0.05, 0) is 20.3 Å². The number of aromatic nitrogens is 2. The molecule has 6 heteroatoms. The Hall–Kier alpha value is -1.40. The van der Waals surface area contributed by atoms with Gasteiger partial charge in [0.1, 0.15) is 18.2 Å². The molecule has 0 aliphatic carbocycles. The maximum atomic E-state index is 9.34. The second-order valence-corrected chi connectivity index (χ2v) is 4.37. The normalized spacial score (nSPS) is 14.1. The third-order valence-corrected chi connectivity index (χ3v) is 2.39. The minimum Gasteiger partial charge on any atom is -0.393 e. The molecule has 0 spiro atoms. The summed E-state index contributed by atoms with van der Waals surface area (Å²) in [7, 11) is 3.42. The summed E-state index contributed by atoms with van der Waals surface area (Å²) in [5.74, 6) is 2.09. The van der Waals surface area contributed by atoms with Crippen LogP contribution in [0.5, 0.6) is 0 Å². The van der Waals surface area contributed by atoms with Crippen LogP contribution in [-0.4, -0.2) is 41.4 Å². The van der Waals surface area contributed by atoms with Crippen molar-refractivity contribution in [3.05, 3.63) is 11.9 Å². The third kappa shape index (κ3) is 4.85. The van der Waals surface area contributed by atoms with E-state index in [4.69, 9.17) is 4.74 Å². The lowest BCUT2D eigenvalue weighted by atomic mass is 10.1. The number of methoxy groups -OCH3 is 1. The number of nitrogens with one attached hydrogen (secondary N) is 2. The first-order valence-corrected chi connectivity index (χ1v) is 6.04. The van der Waals surface area contributed by atoms with Gasteiger partial charge in [0, 0.05) is 26.3 Å². The second kappa shape index (κ2) is 7.13. The van der Waals surface area contributed by atoms with Crippen molar-refractivity contribution in [3.63, 3.8) is 0 Å². The van der Waals surface area contributed by atoms with Gasteiger partial charge < -0.3 is 20.5 Å². The van der Waals surface area contributed by atoms with Gasteiger partial charge in [-0.2, -0.15) is 0 Å². The van der Waals surface area contributed by atoms with E-state index in [0.29, 0.717) is 18.9 Å². The molecule has 0 saturated carbocycles. The standard InChI is InChI=1S/C12H22N4O2/c1-8(5-9(2)17)14-11-6-10(13-3)15-12(16-11)7-18-4/h6,8-9,17H,5,7H2,1-4H3,(H2,13,14,15,16). The topological polar surface area (TPSA) is 79.3 Å². The summed E-state index contributed by atoms with van der Waals surface area (Å²) in [6.45, 7) is 4.15. The molecular formula is C12H22N4O2. The fourth-order valence-electron chi connectivity index (χ4n) is 1.72. The molecule has 0 radical (unpaired) electrons. The molecular weight excluding hydrogens is 232 g/mol. The van der Waals surface area contributed by atoms with Crippen molar-refractivity contribution < 1.29 is 9.84 Å². The van der Waals surface area contributed by atoms with Gasteiger partial charge in [-0.1, -0.05) is 0 Å². The van der Waals surface area contributed by atoms with Gasteiger partial charge in [0.05, 0.1) is 6.10 Å². The lowest BCUT2D eigenvalue weighted by Crippen LogP contribution is -2.21. The van der Waals surface area contributed by atoms with Crippen molar-refractivity contribution in [2.24, 2.45) is 0 Å². The number of aliphatic hydroxyl groups is 1. The quantitative estimate of drug-likeness (QED) is 0.679. The number of ether oxygens (including phenoxy) is 1. The molecule has 6 nitrogen and oxygen atoms in total. The number of nitrogens with zero attached hydrogens (tertiary/aromatic N) is 2. The molecule has 1 heterocycles. The highest BCUT2D eigenvalue weighted by atomic mass is 16.5. The summed E-state index contributed by atoms with van der Waals surface area (Å²) < 4.78 is 5.03. The zero-order valence-electron chi connectivity index (χ0n) is 11.4. The fraction of sp³-hybridized carbons (Fsp3) is 0.667. The Kier molecular flexibility index (Phi) is 5.80. The number of rotatable bonds is 7. The van der Waals surface area contributed by atoms with Crippen LogP contribution in [0, 0.1) is 0 Å². The van der Waals surface area contributed by atoms with Gasteiger partial charge in [0.2, 0.25) is 0 Å². The van der Waals surface area contributed by atoms with Crippen molar-refractivity contribution in [1.82, 2.24) is 9.97 Å². The van der Waals surface area contributed by atoms with Crippen LogP contribution in [-0.2, 0) is 11.3 Å². The Balaban J connectivity index is 2.77. The molecule has 1 rings (SSSR count). The molecule has 0 fully saturated rings. The van der Waals surface area contributed by atoms with Gasteiger partial charge in [-0.3, -0.25) is 0 Å². The lowest BCUT2D eigenvalue weighted by Gasteiger charge is -2.17. The molecule has 0 aromatic carbocycles. The van der Waals surface area contributed by atoms with Crippen LogP contribution < -0.4 is 10.6 Å². The molecule has 0 bridgehead atoms. The smallest absolute Gasteiger partial charge is 0.158 e. The summed E-state index contributed by atoms with van der Waals surface area (Å²) in [6, 6.07) is 1.97. The zero-order chi connectivity index (χ0) is 13.5. The first-order chi connectivity index (χ1) is 8.55. The van der Waals surface area contributed by atoms with Crippen LogP contribution in [0.2, 0.25) is 0 Å². The molecule has 1 aromatic rings. The van der Waals surface area contributed by atoms with E-state index in [0.717, 1.165) is 11.6 Å². The summed E-state index contributed by atoms with van der Waals surface area (Å²) in [5.41, 5.74) is 0. The maximum absolute atomic E-state index is 9.34. The number of aliphatic hydroxyl groups excluding tert-OH is 1. The van der Waals surface area contributed by atoms with Gasteiger partial charge in [0.15, 0.2) is 5.82 Å². The molecule has 0 saturated heterocycles. The SMILES string of the molecule is CNc1cc(NC(C)CC(C)O)nc(COC)n1. The highest BCUT2D eigenvalue weighted by Crippen LogP contribution is 2.13. The van der Waals surface area contributed by atoms with Gasteiger partial charge in [-0.25, -0.2) is 9.97 Å². The Morgan fingerprint density at radius 3 is 2.56 bits per heavy atom. The monoisotopic (exact) mass is 254 g/mol. The average molecular weight is 254 g/mol. The van der Waals surface area contributed by atoms with E-state index in [1.807, 2.05) is 20.0 Å². The Morgan fingerprint density at radius 1 is 1.33 bits per heavy atom. The van der Waals surface area contributed by atoms with Crippen molar-refractivity contribution in [1.29, 1.82) is 0 Å². The number of hydrogen-bond acceptors (Lipinski definition) is 6. The molecule has 2 unspecified atom stereocenters. The molecule has 102 valence electrons. The van der Waals surface area contributed by atoms with Gasteiger partial charge >= 0.3 is 0 Å². The van der Waals surface area contributed by atoms with Crippen molar-refractivity contribution in [2.45, 2.75) is 39.0 Å². The van der Waals surface area contributed by atoms with Crippen LogP contribution in [0.25, 0.3) is 0 Å². The fourth-order valence-corrected chi connectivity index (χ4v) is 1.72. The number of anilines is 2. The van der Waals surface area contributed by atoms with Gasteiger partial charge in [0.25, 0.3) is 0 Å². The minimum atomic E-state index is -0.337. The predicted molar refractivity (Wildman–Crippen MR) is 71.7 cm³/mol. The third-order valence-electron chi connectivity index (χ3n) is 2.39. The first kappa shape index (κ1) is 14.7. The van der Waals surface area contributed by atoms with E-state index >= 15 is 0 Å². The molecule has 0 aliphatic heterocycles. The second-order valence-electron chi connectivity index (χ2n) is 4.37. The summed E-state index contributed by atoms with van der Waals surface area (Å²) in [6.07, 6.45) is 0.329. The van der Waals surface area contributed by atoms with Crippen molar-refractivity contribution in [3.8, 4) is 0 Å². The van der Waals surface area contributed by atoms with E-state index in [9.17, 15) is 5.11 Å². The molecule has 0 aliphatic rings. The Bertz CT molecular complexity index is 371. The molecule has 2 atom stereocenters. The zero-order valence-corrected chi connectivity index (χ0v) is 11.4. The molecule has 0 amide bonds. The Morgan fingerprint density at radius 2 is 2.00 bits per heavy atom. The van der Waals surface area contributed by atoms with E-state index in [1.54, 1.807) is 14.0 Å². The van der Waals surface area contributed by atoms with Gasteiger partial charge in [-0.15, -0.1) is 0 Å². The maximum Gasteiger partial charge on any atom is 0.158 e. The number of hydrogen-bond donors (Lipinski definition) is 3. The van der Waals surface area contributed by atoms with Crippen LogP contribution in [0.4, 0.5) is 11.6 Å². The van der Waals surface area contributed by atoms with Crippen LogP contribution >= 0.6 is 0 Å². The van der Waals surface area contributed by atoms with Crippen LogP contribution in [0.15, 0.2) is 6.07 Å². The summed E-state index contributed by atoms with van der Waals surface area (Å²) >= 11 is 0. The molecule has 3 N–H and O–H groups in total. The average Bonchev–Trinajstić information content (AvgIpc) is 2.27. The summed E-state index contributed by atoms with van der Waals surface area (Å²) in [5, 5.41) is 15.6. The first-order valence-electron chi connectivity index (χ1n) is 6.04. The van der Waals surface area contributed by atoms with E-state index < -0.39 is 0 Å². The van der Waals surface area contributed by atoms with E-state index in [2.05, 4.69) is 20.6 Å². The van der Waals surface area contributed by atoms with Crippen LogP contribution in [0.3, 0.4) is 0 Å². The largest absolute Gasteiger partial charge is 0.393 e. The highest BCUT2D eigenvalue weighted by molar-refractivity contribution is 5.47. The molecule has 1 aromatic heterocycles. The van der Waals surface area contributed by atoms with Crippen molar-refractivity contribution in [2.75, 3.05) is 24.8 Å². The van der Waals surface area contributed by atoms with E-state index in [-0.39, 0.29) is 12.1 Å². The predicted octanol–water partition coefficient (Wildman–Crippen LogP) is 1.24. The Labute approximate surface area is 108 Å². The lowest BCUT2D eigenvalue weighted by molar-refractivity contribution is 0.177. The van der Waals surface area contributed by atoms with Crippen LogP contribution in [0.1, 0.15) is 26.1 Å². The van der Waals surface area contributed by atoms with Crippen molar-refractivity contribution >= 4 is 11.6 Å². The highest BCUT2D eigenvalue weighted by Gasteiger charge is 2.09. The minimum absolute atomic E-state index is 0.139. The summed E-state index contributed by atoms with van der Waals surface area (Å²) in [4.78, 5) is 8.62.